The van der Waals surface area contributed by atoms with Crippen LogP contribution in [0.15, 0.2) is 18.2 Å². The number of nitrogens with zero attached hydrogens (tertiary/aromatic N) is 1. The zero-order valence-corrected chi connectivity index (χ0v) is 11.6. The first-order chi connectivity index (χ1) is 9.09. The van der Waals surface area contributed by atoms with E-state index in [-0.39, 0.29) is 41.3 Å². The lowest BCUT2D eigenvalue weighted by atomic mass is 10.1. The van der Waals surface area contributed by atoms with Crippen molar-refractivity contribution in [1.29, 1.82) is 0 Å². The predicted molar refractivity (Wildman–Crippen MR) is 78.1 cm³/mol. The van der Waals surface area contributed by atoms with Crippen molar-refractivity contribution < 1.29 is 9.72 Å². The van der Waals surface area contributed by atoms with Crippen LogP contribution in [-0.2, 0) is 0 Å². The second kappa shape index (κ2) is 7.06. The van der Waals surface area contributed by atoms with Gasteiger partial charge in [0, 0.05) is 18.7 Å². The molecule has 1 amide bonds. The molecule has 0 aliphatic carbocycles. The molecule has 0 spiro atoms. The van der Waals surface area contributed by atoms with Gasteiger partial charge in [-0.1, -0.05) is 6.07 Å². The molecule has 1 aromatic rings. The zero-order valence-electron chi connectivity index (χ0n) is 10.8. The predicted octanol–water partition coefficient (Wildman–Crippen LogP) is 1.08. The Labute approximate surface area is 122 Å². The van der Waals surface area contributed by atoms with Gasteiger partial charge in [0.1, 0.15) is 5.69 Å². The number of halogens is 1. The summed E-state index contributed by atoms with van der Waals surface area (Å²) >= 11 is 0. The van der Waals surface area contributed by atoms with Crippen molar-refractivity contribution in [2.75, 3.05) is 18.8 Å². The first kappa shape index (κ1) is 16.2. The van der Waals surface area contributed by atoms with Gasteiger partial charge in [0.15, 0.2) is 0 Å². The second-order valence-electron chi connectivity index (χ2n) is 4.51. The van der Waals surface area contributed by atoms with Crippen LogP contribution in [0.4, 0.5) is 11.4 Å². The number of carbonyl (C=O) groups is 1. The molecule has 1 aromatic carbocycles. The van der Waals surface area contributed by atoms with Gasteiger partial charge in [-0.15, -0.1) is 12.4 Å². The average molecular weight is 301 g/mol. The number of nitro benzene ring substituents is 1. The van der Waals surface area contributed by atoms with Crippen molar-refractivity contribution in [3.8, 4) is 0 Å². The van der Waals surface area contributed by atoms with Crippen molar-refractivity contribution in [2.24, 2.45) is 0 Å². The van der Waals surface area contributed by atoms with E-state index < -0.39 is 4.92 Å². The van der Waals surface area contributed by atoms with Crippen molar-refractivity contribution in [3.05, 3.63) is 33.9 Å². The van der Waals surface area contributed by atoms with E-state index in [0.29, 0.717) is 6.54 Å². The van der Waals surface area contributed by atoms with Gasteiger partial charge in [-0.05, 0) is 25.5 Å². The van der Waals surface area contributed by atoms with Gasteiger partial charge in [0.05, 0.1) is 10.5 Å². The van der Waals surface area contributed by atoms with E-state index in [9.17, 15) is 14.9 Å². The van der Waals surface area contributed by atoms with E-state index in [1.165, 1.54) is 18.2 Å². The number of nitrogens with one attached hydrogen (secondary N) is 2. The number of nitrogens with two attached hydrogens (primary N) is 1. The molecule has 0 radical (unpaired) electrons. The lowest BCUT2D eigenvalue weighted by molar-refractivity contribution is -0.383. The number of nitrogen functional groups attached to an aromatic ring is 1. The topological polar surface area (TPSA) is 110 Å². The van der Waals surface area contributed by atoms with E-state index in [1.807, 2.05) is 0 Å². The molecular weight excluding hydrogens is 284 g/mol. The van der Waals surface area contributed by atoms with Gasteiger partial charge < -0.3 is 16.4 Å². The lowest BCUT2D eigenvalue weighted by Gasteiger charge is -2.24. The number of piperidine rings is 1. The normalized spacial score (nSPS) is 17.9. The number of nitro groups is 1. The van der Waals surface area contributed by atoms with Crippen LogP contribution in [0.2, 0.25) is 0 Å². The van der Waals surface area contributed by atoms with Gasteiger partial charge in [-0.2, -0.15) is 0 Å². The van der Waals surface area contributed by atoms with Gasteiger partial charge in [-0.3, -0.25) is 14.9 Å². The maximum absolute atomic E-state index is 12.1. The lowest BCUT2D eigenvalue weighted by Crippen LogP contribution is -2.45. The molecule has 8 heteroatoms. The maximum Gasteiger partial charge on any atom is 0.292 e. The van der Waals surface area contributed by atoms with E-state index in [2.05, 4.69) is 10.6 Å². The molecule has 0 aromatic heterocycles. The third kappa shape index (κ3) is 3.58. The van der Waals surface area contributed by atoms with Crippen LogP contribution >= 0.6 is 12.4 Å². The molecule has 1 fully saturated rings. The highest BCUT2D eigenvalue weighted by molar-refractivity contribution is 6.01. The average Bonchev–Trinajstić information content (AvgIpc) is 2.39. The molecule has 2 rings (SSSR count). The fourth-order valence-electron chi connectivity index (χ4n) is 2.15. The molecule has 110 valence electrons. The number of hydrogen-bond acceptors (Lipinski definition) is 5. The molecule has 1 heterocycles. The minimum Gasteiger partial charge on any atom is -0.393 e. The van der Waals surface area contributed by atoms with E-state index in [0.717, 1.165) is 19.4 Å². The van der Waals surface area contributed by atoms with Crippen LogP contribution in [0.1, 0.15) is 23.2 Å². The van der Waals surface area contributed by atoms with Crippen molar-refractivity contribution in [2.45, 2.75) is 18.9 Å². The summed E-state index contributed by atoms with van der Waals surface area (Å²) < 4.78 is 0. The van der Waals surface area contributed by atoms with Crippen LogP contribution < -0.4 is 16.4 Å². The van der Waals surface area contributed by atoms with Crippen molar-refractivity contribution in [3.63, 3.8) is 0 Å². The number of para-hydroxylation sites is 1. The van der Waals surface area contributed by atoms with Crippen LogP contribution in [0.5, 0.6) is 0 Å². The molecule has 0 saturated carbocycles. The van der Waals surface area contributed by atoms with Gasteiger partial charge in [0.2, 0.25) is 0 Å². The smallest absolute Gasteiger partial charge is 0.292 e. The molecule has 4 N–H and O–H groups in total. The summed E-state index contributed by atoms with van der Waals surface area (Å²) in [7, 11) is 0. The monoisotopic (exact) mass is 300 g/mol. The standard InChI is InChI=1S/C12H16N4O3.ClH/c13-11-9(4-1-5-10(11)16(18)19)12(17)15-8-3-2-6-14-7-8;/h1,4-5,8,14H,2-3,6-7,13H2,(H,15,17);1H. The highest BCUT2D eigenvalue weighted by atomic mass is 35.5. The molecule has 7 nitrogen and oxygen atoms in total. The molecule has 1 saturated heterocycles. The summed E-state index contributed by atoms with van der Waals surface area (Å²) in [4.78, 5) is 22.2. The molecule has 1 aliphatic heterocycles. The van der Waals surface area contributed by atoms with Crippen LogP contribution in [0.3, 0.4) is 0 Å². The second-order valence-corrected chi connectivity index (χ2v) is 4.51. The molecule has 1 unspecified atom stereocenters. The Morgan fingerprint density at radius 1 is 1.50 bits per heavy atom. The molecular formula is C12H17ClN4O3. The van der Waals surface area contributed by atoms with Crippen molar-refractivity contribution >= 4 is 29.7 Å². The fraction of sp³-hybridized carbons (Fsp3) is 0.417. The third-order valence-electron chi connectivity index (χ3n) is 3.16. The zero-order chi connectivity index (χ0) is 13.8. The number of benzene rings is 1. The highest BCUT2D eigenvalue weighted by Crippen LogP contribution is 2.24. The van der Waals surface area contributed by atoms with Gasteiger partial charge in [-0.25, -0.2) is 0 Å². The SMILES string of the molecule is Cl.Nc1c(C(=O)NC2CCCNC2)cccc1[N+](=O)[O-]. The quantitative estimate of drug-likeness (QED) is 0.439. The summed E-state index contributed by atoms with van der Waals surface area (Å²) in [5.41, 5.74) is 5.49. The van der Waals surface area contributed by atoms with E-state index in [1.54, 1.807) is 0 Å². The Bertz CT molecular complexity index is 503. The summed E-state index contributed by atoms with van der Waals surface area (Å²) in [6, 6.07) is 4.28. The Morgan fingerprint density at radius 2 is 2.25 bits per heavy atom. The molecule has 1 atom stereocenters. The summed E-state index contributed by atoms with van der Waals surface area (Å²) in [5.74, 6) is -0.366. The molecule has 1 aliphatic rings. The molecule has 0 bridgehead atoms. The summed E-state index contributed by atoms with van der Waals surface area (Å²) in [5, 5.41) is 16.8. The fourth-order valence-corrected chi connectivity index (χ4v) is 2.15. The number of anilines is 1. The Hall–Kier alpha value is -1.86. The summed E-state index contributed by atoms with van der Waals surface area (Å²) in [6.45, 7) is 1.66. The summed E-state index contributed by atoms with van der Waals surface area (Å²) in [6.07, 6.45) is 1.89. The number of amides is 1. The number of hydrogen-bond donors (Lipinski definition) is 3. The highest BCUT2D eigenvalue weighted by Gasteiger charge is 2.21. The first-order valence-electron chi connectivity index (χ1n) is 6.14. The Morgan fingerprint density at radius 3 is 2.85 bits per heavy atom. The van der Waals surface area contributed by atoms with Crippen molar-refractivity contribution in [1.82, 2.24) is 10.6 Å². The number of carbonyl (C=O) groups excluding carboxylic acids is 1. The minimum atomic E-state index is -0.589. The maximum atomic E-state index is 12.1. The Kier molecular flexibility index (Phi) is 5.72. The van der Waals surface area contributed by atoms with Gasteiger partial charge in [0.25, 0.3) is 11.6 Å². The van der Waals surface area contributed by atoms with E-state index in [4.69, 9.17) is 5.73 Å². The first-order valence-corrected chi connectivity index (χ1v) is 6.14. The number of rotatable bonds is 3. The van der Waals surface area contributed by atoms with Crippen LogP contribution in [0, 0.1) is 10.1 Å². The largest absolute Gasteiger partial charge is 0.393 e. The van der Waals surface area contributed by atoms with Crippen LogP contribution in [0.25, 0.3) is 0 Å². The molecule has 20 heavy (non-hydrogen) atoms. The Balaban J connectivity index is 0.00000200. The third-order valence-corrected chi connectivity index (χ3v) is 3.16. The van der Waals surface area contributed by atoms with Crippen LogP contribution in [-0.4, -0.2) is 30.0 Å². The minimum absolute atomic E-state index is 0. The van der Waals surface area contributed by atoms with Gasteiger partial charge >= 0.3 is 0 Å². The van der Waals surface area contributed by atoms with E-state index >= 15 is 0 Å².